The second kappa shape index (κ2) is 5.79. The van der Waals surface area contributed by atoms with Crippen LogP contribution in [0.2, 0.25) is 0 Å². The maximum atomic E-state index is 11.8. The van der Waals surface area contributed by atoms with Gasteiger partial charge in [0.15, 0.2) is 5.92 Å². The van der Waals surface area contributed by atoms with E-state index in [0.717, 1.165) is 17.3 Å². The number of benzene rings is 1. The summed E-state index contributed by atoms with van der Waals surface area (Å²) in [6, 6.07) is 2.91. The highest BCUT2D eigenvalue weighted by Gasteiger charge is 2.42. The fourth-order valence-corrected chi connectivity index (χ4v) is 2.04. The van der Waals surface area contributed by atoms with Crippen LogP contribution < -0.4 is 0 Å². The van der Waals surface area contributed by atoms with Crippen molar-refractivity contribution in [3.63, 3.8) is 0 Å². The van der Waals surface area contributed by atoms with Crippen molar-refractivity contribution in [2.24, 2.45) is 10.9 Å². The first-order valence-electron chi connectivity index (χ1n) is 6.86. The van der Waals surface area contributed by atoms with Gasteiger partial charge in [-0.05, 0) is 31.0 Å². The van der Waals surface area contributed by atoms with E-state index in [-0.39, 0.29) is 11.4 Å². The van der Waals surface area contributed by atoms with Gasteiger partial charge in [-0.25, -0.2) is 0 Å². The summed E-state index contributed by atoms with van der Waals surface area (Å²) in [6.07, 6.45) is 1.01. The molecule has 1 aromatic rings. The van der Waals surface area contributed by atoms with Crippen molar-refractivity contribution in [2.45, 2.75) is 33.5 Å². The van der Waals surface area contributed by atoms with Gasteiger partial charge in [-0.3, -0.25) is 24.7 Å². The zero-order valence-electron chi connectivity index (χ0n) is 13.2. The predicted molar refractivity (Wildman–Crippen MR) is 80.5 cm³/mol. The van der Waals surface area contributed by atoms with Crippen molar-refractivity contribution in [3.8, 4) is 0 Å². The van der Waals surface area contributed by atoms with Gasteiger partial charge < -0.3 is 9.47 Å². The minimum absolute atomic E-state index is 0.0588. The molecule has 1 heterocycles. The first-order valence-corrected chi connectivity index (χ1v) is 6.86. The maximum Gasteiger partial charge on any atom is 0.329 e. The fourth-order valence-electron chi connectivity index (χ4n) is 2.04. The zero-order valence-corrected chi connectivity index (χ0v) is 13.2. The van der Waals surface area contributed by atoms with Crippen LogP contribution in [-0.2, 0) is 19.1 Å². The number of hydrogen-bond acceptors (Lipinski definition) is 7. The molecule has 1 aromatic carbocycles. The molecule has 1 saturated heterocycles. The summed E-state index contributed by atoms with van der Waals surface area (Å²) in [5.74, 6) is -4.28. The zero-order chi connectivity index (χ0) is 17.4. The van der Waals surface area contributed by atoms with E-state index in [9.17, 15) is 19.7 Å². The Morgan fingerprint density at radius 1 is 1.17 bits per heavy atom. The molecule has 0 aromatic heterocycles. The molecule has 0 radical (unpaired) electrons. The third kappa shape index (κ3) is 3.53. The molecule has 0 atom stereocenters. The summed E-state index contributed by atoms with van der Waals surface area (Å²) in [5.41, 5.74) is 1.40. The summed E-state index contributed by atoms with van der Waals surface area (Å²) in [5, 5.41) is 11.1. The molecule has 0 unspecified atom stereocenters. The molecule has 8 heteroatoms. The van der Waals surface area contributed by atoms with E-state index >= 15 is 0 Å². The highest BCUT2D eigenvalue weighted by atomic mass is 16.7. The summed E-state index contributed by atoms with van der Waals surface area (Å²) >= 11 is 0. The quantitative estimate of drug-likeness (QED) is 0.278. The number of rotatable bonds is 3. The van der Waals surface area contributed by atoms with E-state index in [1.807, 2.05) is 0 Å². The number of hydrogen-bond donors (Lipinski definition) is 0. The molecule has 0 spiro atoms. The molecule has 23 heavy (non-hydrogen) atoms. The Morgan fingerprint density at radius 2 is 1.70 bits per heavy atom. The topological polar surface area (TPSA) is 108 Å². The second-order valence-electron chi connectivity index (χ2n) is 5.68. The van der Waals surface area contributed by atoms with Crippen molar-refractivity contribution < 1.29 is 24.0 Å². The molecular formula is C15H16N2O6. The number of esters is 2. The van der Waals surface area contributed by atoms with Crippen molar-refractivity contribution in [2.75, 3.05) is 0 Å². The highest BCUT2D eigenvalue weighted by Crippen LogP contribution is 2.31. The van der Waals surface area contributed by atoms with Crippen molar-refractivity contribution >= 4 is 29.5 Å². The average molecular weight is 320 g/mol. The number of nitrogens with zero attached hydrogens (tertiary/aromatic N) is 2. The molecule has 1 fully saturated rings. The lowest BCUT2D eigenvalue weighted by atomic mass is 10.1. The molecular weight excluding hydrogens is 304 g/mol. The fraction of sp³-hybridized carbons (Fsp3) is 0.400. The number of ether oxygens (including phenoxy) is 2. The predicted octanol–water partition coefficient (Wildman–Crippen LogP) is 2.37. The van der Waals surface area contributed by atoms with Crippen LogP contribution >= 0.6 is 0 Å². The normalized spacial score (nSPS) is 17.9. The third-order valence-electron chi connectivity index (χ3n) is 3.35. The van der Waals surface area contributed by atoms with Gasteiger partial charge in [-0.1, -0.05) is 0 Å². The van der Waals surface area contributed by atoms with Gasteiger partial charge in [0.05, 0.1) is 4.92 Å². The first kappa shape index (κ1) is 16.6. The number of carbonyl (C=O) groups is 2. The summed E-state index contributed by atoms with van der Waals surface area (Å²) in [6.45, 7) is 6.40. The smallest absolute Gasteiger partial charge is 0.329 e. The molecule has 1 aliphatic heterocycles. The van der Waals surface area contributed by atoms with Gasteiger partial charge in [0.2, 0.25) is 0 Å². The number of aliphatic imine (C=N–C) groups is 1. The van der Waals surface area contributed by atoms with Gasteiger partial charge >= 0.3 is 11.9 Å². The molecule has 122 valence electrons. The standard InChI is InChI=1S/C15H16N2O6/c1-8-5-11(12(17(20)21)6-9(8)2)16-7-10-13(18)22-15(3,4)23-14(10)19/h5-7,10H,1-4H3. The van der Waals surface area contributed by atoms with Crippen LogP contribution in [-0.4, -0.2) is 28.9 Å². The van der Waals surface area contributed by atoms with Gasteiger partial charge in [-0.2, -0.15) is 0 Å². The lowest BCUT2D eigenvalue weighted by Gasteiger charge is -2.31. The van der Waals surface area contributed by atoms with Crippen LogP contribution in [0.3, 0.4) is 0 Å². The lowest BCUT2D eigenvalue weighted by molar-refractivity contribution is -0.384. The Bertz CT molecular complexity index is 703. The van der Waals surface area contributed by atoms with Crippen molar-refractivity contribution in [1.29, 1.82) is 0 Å². The largest absolute Gasteiger partial charge is 0.422 e. The van der Waals surface area contributed by atoms with Gasteiger partial charge in [-0.15, -0.1) is 0 Å². The van der Waals surface area contributed by atoms with E-state index in [1.54, 1.807) is 13.8 Å². The molecule has 0 saturated carbocycles. The Balaban J connectivity index is 2.34. The summed E-state index contributed by atoms with van der Waals surface area (Å²) < 4.78 is 9.92. The maximum absolute atomic E-state index is 11.8. The number of aryl methyl sites for hydroxylation is 2. The molecule has 0 aliphatic carbocycles. The number of cyclic esters (lactones) is 2. The van der Waals surface area contributed by atoms with Gasteiger partial charge in [0.25, 0.3) is 11.5 Å². The van der Waals surface area contributed by atoms with E-state index < -0.39 is 28.6 Å². The lowest BCUT2D eigenvalue weighted by Crippen LogP contribution is -2.46. The SMILES string of the molecule is Cc1cc(N=CC2C(=O)OC(C)(C)OC2=O)c([N+](=O)[O-])cc1C. The van der Waals surface area contributed by atoms with Crippen LogP contribution in [0.25, 0.3) is 0 Å². The van der Waals surface area contributed by atoms with E-state index in [4.69, 9.17) is 9.47 Å². The third-order valence-corrected chi connectivity index (χ3v) is 3.35. The minimum atomic E-state index is -1.34. The van der Waals surface area contributed by atoms with Crippen LogP contribution in [0.1, 0.15) is 25.0 Å². The van der Waals surface area contributed by atoms with Crippen LogP contribution in [0.5, 0.6) is 0 Å². The molecule has 2 rings (SSSR count). The number of carbonyl (C=O) groups excluding carboxylic acids is 2. The van der Waals surface area contributed by atoms with Crippen LogP contribution in [0, 0.1) is 29.9 Å². The Labute approximate surface area is 132 Å². The molecule has 0 bridgehead atoms. The minimum Gasteiger partial charge on any atom is -0.422 e. The monoisotopic (exact) mass is 320 g/mol. The summed E-state index contributed by atoms with van der Waals surface area (Å²) in [7, 11) is 0. The Kier molecular flexibility index (Phi) is 4.18. The highest BCUT2D eigenvalue weighted by molar-refractivity contribution is 6.10. The van der Waals surface area contributed by atoms with Crippen molar-refractivity contribution in [3.05, 3.63) is 33.4 Å². The second-order valence-corrected chi connectivity index (χ2v) is 5.68. The molecule has 1 aliphatic rings. The summed E-state index contributed by atoms with van der Waals surface area (Å²) in [4.78, 5) is 38.1. The van der Waals surface area contributed by atoms with Gasteiger partial charge in [0.1, 0.15) is 5.69 Å². The molecule has 8 nitrogen and oxygen atoms in total. The van der Waals surface area contributed by atoms with Crippen molar-refractivity contribution in [1.82, 2.24) is 0 Å². The number of nitro benzene ring substituents is 1. The van der Waals surface area contributed by atoms with E-state index in [1.165, 1.54) is 26.0 Å². The average Bonchev–Trinajstić information content (AvgIpc) is 2.39. The molecule has 0 N–H and O–H groups in total. The Morgan fingerprint density at radius 3 is 2.22 bits per heavy atom. The van der Waals surface area contributed by atoms with E-state index in [0.29, 0.717) is 0 Å². The number of nitro groups is 1. The van der Waals surface area contributed by atoms with Crippen LogP contribution in [0.4, 0.5) is 11.4 Å². The first-order chi connectivity index (χ1) is 10.6. The Hall–Kier alpha value is -2.77. The van der Waals surface area contributed by atoms with E-state index in [2.05, 4.69) is 4.99 Å². The molecule has 0 amide bonds. The van der Waals surface area contributed by atoms with Crippen LogP contribution in [0.15, 0.2) is 17.1 Å². The van der Waals surface area contributed by atoms with Gasteiger partial charge in [0, 0.05) is 26.1 Å².